The zero-order valence-electron chi connectivity index (χ0n) is 35.3. The minimum absolute atomic E-state index is 0.0163. The number of hydrogen-bond donors (Lipinski definition) is 4. The van der Waals surface area contributed by atoms with Gasteiger partial charge in [0.2, 0.25) is 11.8 Å². The third kappa shape index (κ3) is 7.22. The molecule has 1 spiro atoms. The molecule has 0 aromatic heterocycles. The van der Waals surface area contributed by atoms with Crippen LogP contribution in [0.1, 0.15) is 57.1 Å². The van der Waals surface area contributed by atoms with Crippen LogP contribution in [0.3, 0.4) is 0 Å². The summed E-state index contributed by atoms with van der Waals surface area (Å²) in [5.41, 5.74) is 9.09. The van der Waals surface area contributed by atoms with Gasteiger partial charge in [0.15, 0.2) is 11.5 Å². The summed E-state index contributed by atoms with van der Waals surface area (Å²) in [5, 5.41) is 15.1. The van der Waals surface area contributed by atoms with Gasteiger partial charge in [-0.15, -0.1) is 0 Å². The van der Waals surface area contributed by atoms with Crippen molar-refractivity contribution in [3.63, 3.8) is 0 Å². The molecule has 5 aromatic rings. The zero-order chi connectivity index (χ0) is 44.5. The predicted molar refractivity (Wildman–Crippen MR) is 235 cm³/mol. The number of carbonyl (C=O) groups excluding carboxylic acids is 4. The first kappa shape index (κ1) is 42.0. The summed E-state index contributed by atoms with van der Waals surface area (Å²) >= 11 is 0. The van der Waals surface area contributed by atoms with Crippen molar-refractivity contribution in [2.24, 2.45) is 11.7 Å². The normalized spacial score (nSPS) is 23.1. The van der Waals surface area contributed by atoms with Crippen LogP contribution in [0.2, 0.25) is 0 Å². The van der Waals surface area contributed by atoms with Gasteiger partial charge in [-0.2, -0.15) is 0 Å². The maximum Gasteiger partial charge on any atom is 0.324 e. The van der Waals surface area contributed by atoms with Crippen LogP contribution in [0.25, 0.3) is 0 Å². The van der Waals surface area contributed by atoms with Crippen LogP contribution in [0.5, 0.6) is 17.2 Å². The Labute approximate surface area is 370 Å². The Balaban J connectivity index is 1.29. The number of nitrogens with two attached hydrogens (primary N) is 1. The van der Waals surface area contributed by atoms with Gasteiger partial charge < -0.3 is 45.3 Å². The molecule has 5 aromatic carbocycles. The lowest BCUT2D eigenvalue weighted by molar-refractivity contribution is -0.179. The molecule has 64 heavy (non-hydrogen) atoms. The number of urea groups is 1. The summed E-state index contributed by atoms with van der Waals surface area (Å²) in [6.07, 6.45) is -0.348. The maximum absolute atomic E-state index is 16.0. The molecule has 0 saturated carbocycles. The standard InChI is InChI=1S/C50H47N5O9/c1-61-39-27-34-21-23-54(29-35(34)28-40(39)62-2)46(57)41-43-47(58)64-44(32-13-7-4-8-14-32)42(31-11-5-3-6-12-31)55(43)45(33-16-18-36(19-17-33)63-25-24-56)50(41)37-26-30(10-9-22-52-49(51)60)15-20-38(37)53-48(50)59/h3-8,11-20,26-28,41-45,56H,21-25,29H2,1-2H3,(H,53,59)(H3,51,52,60)/t41-,42-,43-,44+,45+,50-/m0/s1. The third-order valence-corrected chi connectivity index (χ3v) is 12.7. The Morgan fingerprint density at radius 2 is 1.56 bits per heavy atom. The number of morpholine rings is 1. The van der Waals surface area contributed by atoms with Crippen LogP contribution in [0.4, 0.5) is 10.5 Å². The molecule has 0 bridgehead atoms. The Morgan fingerprint density at radius 3 is 2.23 bits per heavy atom. The number of ether oxygens (including phenoxy) is 4. The number of methoxy groups -OCH3 is 2. The number of nitrogens with one attached hydrogen (secondary N) is 2. The summed E-state index contributed by atoms with van der Waals surface area (Å²) in [7, 11) is 3.13. The van der Waals surface area contributed by atoms with E-state index in [2.05, 4.69) is 22.5 Å². The first-order valence-electron chi connectivity index (χ1n) is 21.1. The van der Waals surface area contributed by atoms with Crippen molar-refractivity contribution < 1.29 is 43.2 Å². The van der Waals surface area contributed by atoms with Crippen LogP contribution >= 0.6 is 0 Å². The number of aliphatic hydroxyl groups excluding tert-OH is 1. The highest BCUT2D eigenvalue weighted by molar-refractivity contribution is 6.12. The fraction of sp³-hybridized carbons (Fsp3) is 0.280. The van der Waals surface area contributed by atoms with E-state index < -0.39 is 59.4 Å². The second-order valence-electron chi connectivity index (χ2n) is 16.1. The number of primary amides is 1. The molecule has 4 aliphatic rings. The molecule has 2 fully saturated rings. The monoisotopic (exact) mass is 861 g/mol. The first-order chi connectivity index (χ1) is 31.2. The number of rotatable bonds is 10. The molecule has 9 rings (SSSR count). The number of carbonyl (C=O) groups is 4. The fourth-order valence-electron chi connectivity index (χ4n) is 10.1. The van der Waals surface area contributed by atoms with Gasteiger partial charge in [-0.1, -0.05) is 84.6 Å². The van der Waals surface area contributed by atoms with E-state index in [1.54, 1.807) is 49.5 Å². The van der Waals surface area contributed by atoms with Crippen molar-refractivity contribution in [3.05, 3.63) is 154 Å². The molecule has 0 aliphatic carbocycles. The molecule has 14 heteroatoms. The van der Waals surface area contributed by atoms with Gasteiger partial charge in [0.1, 0.15) is 29.9 Å². The number of aliphatic hydroxyl groups is 1. The van der Waals surface area contributed by atoms with E-state index in [0.29, 0.717) is 52.6 Å². The van der Waals surface area contributed by atoms with E-state index in [9.17, 15) is 9.90 Å². The first-order valence-corrected chi connectivity index (χ1v) is 21.1. The number of amides is 4. The van der Waals surface area contributed by atoms with E-state index >= 15 is 14.4 Å². The quantitative estimate of drug-likeness (QED) is 0.111. The lowest BCUT2D eigenvalue weighted by atomic mass is 9.65. The van der Waals surface area contributed by atoms with E-state index in [-0.39, 0.29) is 26.3 Å². The molecule has 5 N–H and O–H groups in total. The van der Waals surface area contributed by atoms with Crippen molar-refractivity contribution in [2.75, 3.05) is 45.8 Å². The molecule has 326 valence electrons. The van der Waals surface area contributed by atoms with Crippen LogP contribution < -0.4 is 30.6 Å². The van der Waals surface area contributed by atoms with Gasteiger partial charge in [-0.3, -0.25) is 19.3 Å². The van der Waals surface area contributed by atoms with Crippen molar-refractivity contribution >= 4 is 29.5 Å². The fourth-order valence-corrected chi connectivity index (χ4v) is 10.1. The van der Waals surface area contributed by atoms with Crippen molar-refractivity contribution in [1.82, 2.24) is 15.1 Å². The van der Waals surface area contributed by atoms with Crippen LogP contribution in [0, 0.1) is 17.8 Å². The van der Waals surface area contributed by atoms with Crippen molar-refractivity contribution in [3.8, 4) is 29.1 Å². The minimum atomic E-state index is -1.75. The van der Waals surface area contributed by atoms with E-state index in [1.807, 2.05) is 89.8 Å². The van der Waals surface area contributed by atoms with Crippen LogP contribution in [-0.4, -0.2) is 85.3 Å². The summed E-state index contributed by atoms with van der Waals surface area (Å²) in [4.78, 5) is 62.2. The molecule has 14 nitrogen and oxygen atoms in total. The average molecular weight is 862 g/mol. The van der Waals surface area contributed by atoms with Gasteiger partial charge in [-0.05, 0) is 82.3 Å². The van der Waals surface area contributed by atoms with Gasteiger partial charge >= 0.3 is 12.0 Å². The van der Waals surface area contributed by atoms with Gasteiger partial charge in [0.25, 0.3) is 0 Å². The number of nitrogens with zero attached hydrogens (tertiary/aromatic N) is 2. The molecule has 0 unspecified atom stereocenters. The van der Waals surface area contributed by atoms with Crippen molar-refractivity contribution in [2.45, 2.75) is 42.6 Å². The van der Waals surface area contributed by atoms with Crippen LogP contribution in [-0.2, 0) is 37.5 Å². The highest BCUT2D eigenvalue weighted by Gasteiger charge is 2.74. The molecule has 2 saturated heterocycles. The predicted octanol–water partition coefficient (Wildman–Crippen LogP) is 4.95. The van der Waals surface area contributed by atoms with Crippen molar-refractivity contribution in [1.29, 1.82) is 0 Å². The number of fused-ring (bicyclic) bond motifs is 4. The second kappa shape index (κ2) is 17.4. The Kier molecular flexibility index (Phi) is 11.4. The number of cyclic esters (lactones) is 1. The number of anilines is 1. The van der Waals surface area contributed by atoms with Gasteiger partial charge in [0.05, 0.1) is 45.4 Å². The van der Waals surface area contributed by atoms with Crippen LogP contribution in [0.15, 0.2) is 115 Å². The maximum atomic E-state index is 16.0. The molecule has 4 heterocycles. The Bertz CT molecular complexity index is 2670. The minimum Gasteiger partial charge on any atom is -0.493 e. The number of hydrogen-bond acceptors (Lipinski definition) is 10. The largest absolute Gasteiger partial charge is 0.493 e. The Hall–Kier alpha value is -7.34. The molecular weight excluding hydrogens is 815 g/mol. The molecule has 0 radical (unpaired) electrons. The lowest BCUT2D eigenvalue weighted by Gasteiger charge is -2.46. The zero-order valence-corrected chi connectivity index (χ0v) is 35.3. The third-order valence-electron chi connectivity index (χ3n) is 12.7. The molecule has 4 amide bonds. The summed E-state index contributed by atoms with van der Waals surface area (Å²) in [6.45, 7) is 0.364. The topological polar surface area (TPSA) is 182 Å². The van der Waals surface area contributed by atoms with E-state index in [0.717, 1.165) is 22.3 Å². The lowest BCUT2D eigenvalue weighted by Crippen LogP contribution is -2.56. The summed E-state index contributed by atoms with van der Waals surface area (Å²) < 4.78 is 23.6. The van der Waals surface area contributed by atoms with E-state index in [4.69, 9.17) is 24.7 Å². The van der Waals surface area contributed by atoms with E-state index in [1.165, 1.54) is 0 Å². The van der Waals surface area contributed by atoms with Gasteiger partial charge in [-0.25, -0.2) is 4.79 Å². The second-order valence-corrected chi connectivity index (χ2v) is 16.1. The molecular formula is C50H47N5O9. The molecule has 4 aliphatic heterocycles. The highest BCUT2D eigenvalue weighted by atomic mass is 16.6. The SMILES string of the molecule is COc1cc2c(cc1OC)CN(C(=O)[C@@H]1[C@H]3C(=O)O[C@H](c4ccccc4)[C@H](c4ccccc4)N3[C@H](c3ccc(OCCO)cc3)[C@@]13C(=O)Nc1ccc(C#CCNC(N)=O)cc13)CC2. The average Bonchev–Trinajstić information content (AvgIpc) is 3.80. The van der Waals surface area contributed by atoms with Gasteiger partial charge in [0, 0.05) is 24.3 Å². The Morgan fingerprint density at radius 1 is 0.875 bits per heavy atom. The smallest absolute Gasteiger partial charge is 0.324 e. The highest BCUT2D eigenvalue weighted by Crippen LogP contribution is 2.65. The molecule has 6 atom stereocenters. The summed E-state index contributed by atoms with van der Waals surface area (Å²) in [6, 6.07) is 31.9. The number of esters is 1. The summed E-state index contributed by atoms with van der Waals surface area (Å²) in [5.74, 6) is 4.79. The number of benzene rings is 5.